The topological polar surface area (TPSA) is 9.72 Å². The van der Waals surface area contributed by atoms with Crippen LogP contribution in [0.15, 0.2) is 0 Å². The molecular weight excluding hydrogens is 480 g/mol. The maximum Gasteiger partial charge on any atom is 2.00 e. The molecule has 0 aromatic rings. The van der Waals surface area contributed by atoms with Crippen LogP contribution in [0, 0.1) is 43.9 Å². The Kier molecular flexibility index (Phi) is 15.2. The second-order valence-electron chi connectivity index (χ2n) is 12.0. The normalized spacial score (nSPS) is 31.0. The van der Waals surface area contributed by atoms with Gasteiger partial charge in [-0.15, -0.1) is 11.8 Å². The molecule has 0 amide bonds. The molecule has 190 valence electrons. The van der Waals surface area contributed by atoms with Gasteiger partial charge < -0.3 is 42.4 Å². The van der Waals surface area contributed by atoms with E-state index < -0.39 is 0 Å². The molecule has 5 heteroatoms. The molecule has 4 rings (SSSR count). The van der Waals surface area contributed by atoms with Crippen molar-refractivity contribution in [2.24, 2.45) is 16.2 Å². The molecule has 2 unspecified atom stereocenters. The summed E-state index contributed by atoms with van der Waals surface area (Å²) < 4.78 is 0. The minimum atomic E-state index is 0. The van der Waals surface area contributed by atoms with E-state index >= 15 is 0 Å². The van der Waals surface area contributed by atoms with Gasteiger partial charge in [0.05, 0.1) is 0 Å². The Morgan fingerprint density at radius 2 is 1.18 bits per heavy atom. The first-order chi connectivity index (χ1) is 14.5. The number of likely N-dealkylation sites (tertiary alicyclic amines) is 3. The van der Waals surface area contributed by atoms with Crippen LogP contribution in [0.4, 0.5) is 0 Å². The molecule has 0 bridgehead atoms. The fourth-order valence-corrected chi connectivity index (χ4v) is 5.70. The fourth-order valence-electron chi connectivity index (χ4n) is 5.70. The van der Waals surface area contributed by atoms with Crippen LogP contribution in [-0.2, 0) is 37.1 Å². The summed E-state index contributed by atoms with van der Waals surface area (Å²) in [7, 11) is 2.21. The molecule has 2 atom stereocenters. The summed E-state index contributed by atoms with van der Waals surface area (Å²) >= 11 is 0. The Hall–Kier alpha value is 1.05. The summed E-state index contributed by atoms with van der Waals surface area (Å²) in [5.41, 5.74) is 1.41. The van der Waals surface area contributed by atoms with Crippen LogP contribution < -0.4 is 0 Å². The van der Waals surface area contributed by atoms with Gasteiger partial charge in [0.15, 0.2) is 0 Å². The van der Waals surface area contributed by atoms with E-state index in [2.05, 4.69) is 77.1 Å². The van der Waals surface area contributed by atoms with E-state index in [1.165, 1.54) is 71.2 Å². The maximum atomic E-state index is 4.31. The minimum Gasteiger partial charge on any atom is -0.345 e. The van der Waals surface area contributed by atoms with Gasteiger partial charge >= 0.3 is 37.1 Å². The number of nitrogens with zero attached hydrogens (tertiary/aromatic N) is 3. The van der Waals surface area contributed by atoms with Gasteiger partial charge in [0, 0.05) is 25.2 Å². The van der Waals surface area contributed by atoms with Crippen LogP contribution in [-0.4, -0.2) is 73.1 Å². The third-order valence-electron chi connectivity index (χ3n) is 8.26. The number of rotatable bonds is 5. The van der Waals surface area contributed by atoms with Gasteiger partial charge in [-0.2, -0.15) is 11.8 Å². The van der Waals surface area contributed by atoms with Crippen molar-refractivity contribution in [3.8, 4) is 0 Å². The van der Waals surface area contributed by atoms with Gasteiger partial charge in [0.25, 0.3) is 0 Å². The summed E-state index contributed by atoms with van der Waals surface area (Å²) in [6.45, 7) is 32.9. The average molecular weight is 534 g/mol. The van der Waals surface area contributed by atoms with Crippen LogP contribution in [0.2, 0.25) is 0 Å². The van der Waals surface area contributed by atoms with Crippen LogP contribution in [0.1, 0.15) is 79.1 Å². The van der Waals surface area contributed by atoms with Gasteiger partial charge in [-0.05, 0) is 79.2 Å². The molecule has 3 saturated heterocycles. The Morgan fingerprint density at radius 3 is 1.42 bits per heavy atom. The maximum absolute atomic E-state index is 4.31. The summed E-state index contributed by atoms with van der Waals surface area (Å²) in [4.78, 5) is 7.42. The van der Waals surface area contributed by atoms with Crippen LogP contribution in [0.5, 0.6) is 0 Å². The van der Waals surface area contributed by atoms with Crippen molar-refractivity contribution < 1.29 is 37.1 Å². The molecule has 1 spiro atoms. The zero-order valence-corrected chi connectivity index (χ0v) is 25.4. The molecule has 4 fully saturated rings. The van der Waals surface area contributed by atoms with Gasteiger partial charge in [0.2, 0.25) is 0 Å². The van der Waals surface area contributed by atoms with Crippen LogP contribution >= 0.6 is 0 Å². The molecular formula is C28H53N3V2. The largest absolute Gasteiger partial charge is 2.00 e. The molecule has 1 saturated carbocycles. The van der Waals surface area contributed by atoms with E-state index in [9.17, 15) is 0 Å². The zero-order chi connectivity index (χ0) is 23.3. The molecule has 3 heterocycles. The molecule has 0 N–H and O–H groups in total. The number of hydrogen-bond acceptors (Lipinski definition) is 3. The van der Waals surface area contributed by atoms with E-state index in [4.69, 9.17) is 0 Å². The summed E-state index contributed by atoms with van der Waals surface area (Å²) in [6, 6.07) is 1.35. The van der Waals surface area contributed by atoms with E-state index in [0.717, 1.165) is 24.8 Å². The molecule has 2 radical (unpaired) electrons. The zero-order valence-electron chi connectivity index (χ0n) is 22.6. The van der Waals surface area contributed by atoms with Crippen molar-refractivity contribution in [1.29, 1.82) is 0 Å². The summed E-state index contributed by atoms with van der Waals surface area (Å²) in [6.07, 6.45) is 10.2. The van der Waals surface area contributed by atoms with E-state index in [1.54, 1.807) is 0 Å². The molecule has 0 aromatic carbocycles. The molecule has 3 nitrogen and oxygen atoms in total. The van der Waals surface area contributed by atoms with Crippen molar-refractivity contribution in [3.63, 3.8) is 0 Å². The Morgan fingerprint density at radius 1 is 0.727 bits per heavy atom. The summed E-state index contributed by atoms with van der Waals surface area (Å²) in [5, 5.41) is 0. The molecule has 33 heavy (non-hydrogen) atoms. The van der Waals surface area contributed by atoms with Crippen molar-refractivity contribution in [3.05, 3.63) is 27.7 Å². The molecule has 1 aliphatic carbocycles. The quantitative estimate of drug-likeness (QED) is 0.415. The van der Waals surface area contributed by atoms with Crippen LogP contribution in [0.3, 0.4) is 0 Å². The summed E-state index contributed by atoms with van der Waals surface area (Å²) in [5.74, 6) is 0. The van der Waals surface area contributed by atoms with Gasteiger partial charge in [0.1, 0.15) is 0 Å². The second kappa shape index (κ2) is 14.7. The fraction of sp³-hybridized carbons (Fsp3) is 0.857. The van der Waals surface area contributed by atoms with E-state index in [0.29, 0.717) is 17.5 Å². The Labute approximate surface area is 232 Å². The SMILES string of the molecule is CN1CC2(CCC2)C1.[CH2-]CC1([CH2-])CCN(C(C)C)C1.[CH2-]CCC1([CH2-])CCN(C(C)C)C1.[V+2].[V+2]. The average Bonchev–Trinajstić information content (AvgIpc) is 3.23. The molecule has 3 aliphatic heterocycles. The molecule has 0 aromatic heterocycles. The number of hydrogen-bond donors (Lipinski definition) is 0. The van der Waals surface area contributed by atoms with E-state index in [-0.39, 0.29) is 42.5 Å². The monoisotopic (exact) mass is 533 g/mol. The predicted octanol–water partition coefficient (Wildman–Crippen LogP) is 5.78. The molecule has 4 aliphatic rings. The predicted molar refractivity (Wildman–Crippen MR) is 137 cm³/mol. The van der Waals surface area contributed by atoms with Crippen LogP contribution in [0.25, 0.3) is 0 Å². The van der Waals surface area contributed by atoms with Gasteiger partial charge in [-0.3, -0.25) is 0 Å². The van der Waals surface area contributed by atoms with Crippen molar-refractivity contribution >= 4 is 0 Å². The van der Waals surface area contributed by atoms with Crippen molar-refractivity contribution in [2.45, 2.75) is 91.1 Å². The first kappa shape index (κ1) is 34.0. The first-order valence-corrected chi connectivity index (χ1v) is 12.9. The third-order valence-corrected chi connectivity index (χ3v) is 8.26. The van der Waals surface area contributed by atoms with Gasteiger partial charge in [-0.1, -0.05) is 19.3 Å². The van der Waals surface area contributed by atoms with E-state index in [1.807, 2.05) is 0 Å². The van der Waals surface area contributed by atoms with Crippen molar-refractivity contribution in [2.75, 3.05) is 46.3 Å². The first-order valence-electron chi connectivity index (χ1n) is 12.9. The Balaban J connectivity index is 0.000000458. The second-order valence-corrected chi connectivity index (χ2v) is 12.0. The third kappa shape index (κ3) is 10.1. The van der Waals surface area contributed by atoms with Crippen molar-refractivity contribution in [1.82, 2.24) is 14.7 Å². The standard InChI is InChI=1S/C11H21N.C10H19N.C7H13N.2V/c1-5-6-11(4)7-8-12(9-11)10(2)3;1-5-10(4)6-7-11(8-10)9(2)3;1-8-5-7(6-8)3-2-4-7;;/h10H,1,4-9H2,2-3H3;9H,1,4-8H2,2-3H3;2-6H2,1H3;;/q2*-2;;2*+2. The van der Waals surface area contributed by atoms with Gasteiger partial charge in [-0.25, -0.2) is 6.42 Å². The Bertz CT molecular complexity index is 529. The smallest absolute Gasteiger partial charge is 0.345 e. The minimum absolute atomic E-state index is 0.